The molecule has 2 aromatic heterocycles. The lowest BCUT2D eigenvalue weighted by atomic mass is 10.2. The van der Waals surface area contributed by atoms with Crippen LogP contribution in [-0.2, 0) is 22.6 Å². The molecule has 0 atom stereocenters. The Balaban J connectivity index is 0.000000216. The Morgan fingerprint density at radius 1 is 0.718 bits per heavy atom. The molecule has 0 aliphatic rings. The number of carbonyl (C=O) groups excluding carboxylic acids is 2. The fourth-order valence-electron chi connectivity index (χ4n) is 3.40. The average Bonchev–Trinajstić information content (AvgIpc) is 2.99. The third kappa shape index (κ3) is 8.72. The van der Waals surface area contributed by atoms with Crippen LogP contribution in [0.2, 0.25) is 5.15 Å². The first-order valence-electron chi connectivity index (χ1n) is 11.9. The molecule has 0 fully saturated rings. The molecule has 0 spiro atoms. The van der Waals surface area contributed by atoms with E-state index in [2.05, 4.69) is 20.6 Å². The molecule has 10 heteroatoms. The molecule has 39 heavy (non-hydrogen) atoms. The standard InChI is InChI=1S/C15H16N2O3.C14H13ClN2O2/c1-19-14-8-13(12(10-17-14)15(18)20-2)16-9-11-6-4-3-5-7-11;1-19-14(18)11-9-17-13(15)7-12(11)16-8-10-5-3-2-4-6-10/h3-8,10H,9H2,1-2H3,(H,16,17);2-7,9H,8H2,1H3,(H,16,17). The van der Waals surface area contributed by atoms with E-state index in [1.807, 2.05) is 60.7 Å². The molecule has 202 valence electrons. The molecule has 2 aromatic carbocycles. The van der Waals surface area contributed by atoms with Gasteiger partial charge in [-0.15, -0.1) is 0 Å². The van der Waals surface area contributed by atoms with E-state index in [9.17, 15) is 9.59 Å². The molecular weight excluding hydrogens is 520 g/mol. The molecule has 4 aromatic rings. The summed E-state index contributed by atoms with van der Waals surface area (Å²) in [5.74, 6) is -0.441. The highest BCUT2D eigenvalue weighted by Crippen LogP contribution is 2.22. The van der Waals surface area contributed by atoms with Gasteiger partial charge in [0, 0.05) is 31.5 Å². The number of carbonyl (C=O) groups is 2. The molecule has 0 radical (unpaired) electrons. The summed E-state index contributed by atoms with van der Waals surface area (Å²) in [5, 5.41) is 6.68. The van der Waals surface area contributed by atoms with Gasteiger partial charge in [-0.3, -0.25) is 0 Å². The Hall–Kier alpha value is -4.63. The number of rotatable bonds is 9. The number of pyridine rings is 2. The Morgan fingerprint density at radius 3 is 1.64 bits per heavy atom. The summed E-state index contributed by atoms with van der Waals surface area (Å²) >= 11 is 5.84. The summed E-state index contributed by atoms with van der Waals surface area (Å²) in [4.78, 5) is 31.2. The maximum atomic E-state index is 11.7. The molecule has 0 bridgehead atoms. The van der Waals surface area contributed by atoms with Gasteiger partial charge in [0.2, 0.25) is 5.88 Å². The van der Waals surface area contributed by atoms with Crippen molar-refractivity contribution in [2.45, 2.75) is 13.1 Å². The maximum absolute atomic E-state index is 11.7. The second kappa shape index (κ2) is 14.9. The first-order chi connectivity index (χ1) is 18.9. The Kier molecular flexibility index (Phi) is 11.1. The SMILES string of the molecule is COC(=O)c1cnc(Cl)cc1NCc1ccccc1.COC(=O)c1cnc(OC)cc1NCc1ccccc1. The van der Waals surface area contributed by atoms with Gasteiger partial charge in [-0.25, -0.2) is 19.6 Å². The number of nitrogens with zero attached hydrogens (tertiary/aromatic N) is 2. The normalized spacial score (nSPS) is 9.95. The van der Waals surface area contributed by atoms with Gasteiger partial charge in [-0.05, 0) is 17.2 Å². The molecule has 0 saturated carbocycles. The number of benzene rings is 2. The van der Waals surface area contributed by atoms with E-state index in [0.717, 1.165) is 11.1 Å². The summed E-state index contributed by atoms with van der Waals surface area (Å²) in [5.41, 5.74) is 4.20. The van der Waals surface area contributed by atoms with Crippen LogP contribution in [0.5, 0.6) is 5.88 Å². The van der Waals surface area contributed by atoms with Crippen molar-refractivity contribution >= 4 is 34.9 Å². The minimum Gasteiger partial charge on any atom is -0.481 e. The predicted molar refractivity (Wildman–Crippen MR) is 150 cm³/mol. The Morgan fingerprint density at radius 2 is 1.18 bits per heavy atom. The van der Waals surface area contributed by atoms with Crippen molar-refractivity contribution < 1.29 is 23.8 Å². The van der Waals surface area contributed by atoms with Crippen LogP contribution in [0.15, 0.2) is 85.2 Å². The van der Waals surface area contributed by atoms with Crippen molar-refractivity contribution in [3.8, 4) is 5.88 Å². The molecule has 0 aliphatic heterocycles. The molecule has 0 saturated heterocycles. The van der Waals surface area contributed by atoms with Crippen LogP contribution < -0.4 is 15.4 Å². The highest BCUT2D eigenvalue weighted by atomic mass is 35.5. The fourth-order valence-corrected chi connectivity index (χ4v) is 3.56. The summed E-state index contributed by atoms with van der Waals surface area (Å²) < 4.78 is 14.5. The largest absolute Gasteiger partial charge is 0.481 e. The Bertz CT molecular complexity index is 1370. The lowest BCUT2D eigenvalue weighted by molar-refractivity contribution is 0.0592. The topological polar surface area (TPSA) is 112 Å². The van der Waals surface area contributed by atoms with Crippen LogP contribution in [0, 0.1) is 0 Å². The zero-order valence-corrected chi connectivity index (χ0v) is 22.6. The number of ether oxygens (including phenoxy) is 3. The number of aromatic nitrogens is 2. The first-order valence-corrected chi connectivity index (χ1v) is 12.2. The molecule has 2 N–H and O–H groups in total. The predicted octanol–water partition coefficient (Wildman–Crippen LogP) is 5.62. The van der Waals surface area contributed by atoms with Gasteiger partial charge < -0.3 is 24.8 Å². The molecule has 0 aliphatic carbocycles. The van der Waals surface area contributed by atoms with Gasteiger partial charge in [0.1, 0.15) is 16.3 Å². The smallest absolute Gasteiger partial charge is 0.341 e. The van der Waals surface area contributed by atoms with E-state index in [1.165, 1.54) is 33.7 Å². The van der Waals surface area contributed by atoms with Crippen LogP contribution in [0.4, 0.5) is 11.4 Å². The fraction of sp³-hybridized carbons (Fsp3) is 0.172. The highest BCUT2D eigenvalue weighted by Gasteiger charge is 2.14. The van der Waals surface area contributed by atoms with E-state index >= 15 is 0 Å². The van der Waals surface area contributed by atoms with Crippen molar-refractivity contribution in [2.24, 2.45) is 0 Å². The Labute approximate surface area is 232 Å². The van der Waals surface area contributed by atoms with Gasteiger partial charge in [0.05, 0.1) is 32.7 Å². The first kappa shape index (κ1) is 28.9. The minimum absolute atomic E-state index is 0.322. The van der Waals surface area contributed by atoms with Gasteiger partial charge in [-0.2, -0.15) is 0 Å². The zero-order valence-electron chi connectivity index (χ0n) is 21.8. The molecule has 0 unspecified atom stereocenters. The summed E-state index contributed by atoms with van der Waals surface area (Å²) in [7, 11) is 4.20. The lowest BCUT2D eigenvalue weighted by Gasteiger charge is -2.11. The van der Waals surface area contributed by atoms with Crippen LogP contribution in [0.1, 0.15) is 31.8 Å². The minimum atomic E-state index is -0.445. The number of anilines is 2. The molecule has 4 rings (SSSR count). The number of hydrogen-bond acceptors (Lipinski definition) is 9. The van der Waals surface area contributed by atoms with Crippen molar-refractivity contribution in [2.75, 3.05) is 32.0 Å². The van der Waals surface area contributed by atoms with Gasteiger partial charge in [0.25, 0.3) is 0 Å². The number of methoxy groups -OCH3 is 3. The lowest BCUT2D eigenvalue weighted by Crippen LogP contribution is -2.09. The second-order valence-electron chi connectivity index (χ2n) is 7.99. The maximum Gasteiger partial charge on any atom is 0.341 e. The zero-order chi connectivity index (χ0) is 28.0. The van der Waals surface area contributed by atoms with Crippen LogP contribution in [0.25, 0.3) is 0 Å². The van der Waals surface area contributed by atoms with Crippen molar-refractivity contribution in [3.63, 3.8) is 0 Å². The summed E-state index contributed by atoms with van der Waals surface area (Å²) in [6.07, 6.45) is 2.85. The van der Waals surface area contributed by atoms with E-state index in [4.69, 9.17) is 25.8 Å². The molecule has 0 amide bonds. The third-order valence-corrected chi connectivity index (χ3v) is 5.63. The van der Waals surface area contributed by atoms with E-state index in [-0.39, 0.29) is 0 Å². The summed E-state index contributed by atoms with van der Waals surface area (Å²) in [6, 6.07) is 23.0. The quantitative estimate of drug-likeness (QED) is 0.203. The van der Waals surface area contributed by atoms with Crippen LogP contribution in [-0.4, -0.2) is 43.2 Å². The van der Waals surface area contributed by atoms with Crippen molar-refractivity contribution in [3.05, 3.63) is 113 Å². The average molecular weight is 549 g/mol. The van der Waals surface area contributed by atoms with E-state index in [1.54, 1.807) is 12.1 Å². The number of hydrogen-bond donors (Lipinski definition) is 2. The third-order valence-electron chi connectivity index (χ3n) is 5.42. The monoisotopic (exact) mass is 548 g/mol. The van der Waals surface area contributed by atoms with Crippen LogP contribution in [0.3, 0.4) is 0 Å². The molecule has 9 nitrogen and oxygen atoms in total. The summed E-state index contributed by atoms with van der Waals surface area (Å²) in [6.45, 7) is 1.18. The highest BCUT2D eigenvalue weighted by molar-refractivity contribution is 6.29. The number of nitrogens with one attached hydrogen (secondary N) is 2. The number of halogens is 1. The van der Waals surface area contributed by atoms with E-state index in [0.29, 0.717) is 46.6 Å². The van der Waals surface area contributed by atoms with Gasteiger partial charge in [0.15, 0.2) is 0 Å². The van der Waals surface area contributed by atoms with E-state index < -0.39 is 11.9 Å². The second-order valence-corrected chi connectivity index (χ2v) is 8.37. The number of esters is 2. The molecule has 2 heterocycles. The van der Waals surface area contributed by atoms with Crippen molar-refractivity contribution in [1.82, 2.24) is 9.97 Å². The van der Waals surface area contributed by atoms with Crippen molar-refractivity contribution in [1.29, 1.82) is 0 Å². The van der Waals surface area contributed by atoms with Gasteiger partial charge in [-0.1, -0.05) is 72.3 Å². The van der Waals surface area contributed by atoms with Gasteiger partial charge >= 0.3 is 11.9 Å². The molecular formula is C29H29ClN4O5. The van der Waals surface area contributed by atoms with Crippen LogP contribution >= 0.6 is 11.6 Å².